The fourth-order valence-electron chi connectivity index (χ4n) is 1.41. The van der Waals surface area contributed by atoms with Gasteiger partial charge in [0.1, 0.15) is 0 Å². The Labute approximate surface area is 114 Å². The number of benzene rings is 1. The van der Waals surface area contributed by atoms with Gasteiger partial charge in [-0.3, -0.25) is 9.59 Å². The van der Waals surface area contributed by atoms with Crippen LogP contribution in [-0.4, -0.2) is 22.2 Å². The van der Waals surface area contributed by atoms with Crippen molar-refractivity contribution in [3.63, 3.8) is 0 Å². The lowest BCUT2D eigenvalue weighted by molar-refractivity contribution is -0.154. The van der Waals surface area contributed by atoms with E-state index in [0.29, 0.717) is 0 Å². The van der Waals surface area contributed by atoms with Gasteiger partial charge in [-0.15, -0.1) is 0 Å². The molecule has 0 saturated heterocycles. The van der Waals surface area contributed by atoms with Gasteiger partial charge < -0.3 is 10.2 Å². The highest BCUT2D eigenvalue weighted by Gasteiger charge is 2.32. The third-order valence-corrected chi connectivity index (χ3v) is 3.17. The van der Waals surface area contributed by atoms with E-state index >= 15 is 0 Å². The Morgan fingerprint density at radius 1 is 1.21 bits per heavy atom. The average Bonchev–Trinajstić information content (AvgIpc) is 2.25. The normalized spacial score (nSPS) is 11.6. The molecule has 0 atom stereocenters. The summed E-state index contributed by atoms with van der Waals surface area (Å²) < 4.78 is 37.7. The largest absolute Gasteiger partial charge is 0.481 e. The van der Waals surface area contributed by atoms with Crippen molar-refractivity contribution >= 4 is 27.9 Å². The number of rotatable bonds is 4. The van der Waals surface area contributed by atoms with Gasteiger partial charge in [0.15, 0.2) is 5.92 Å². The first-order valence-corrected chi connectivity index (χ1v) is 5.73. The molecule has 8 heteroatoms. The molecule has 0 aliphatic heterocycles. The van der Waals surface area contributed by atoms with Crippen LogP contribution in [0.25, 0.3) is 0 Å². The van der Waals surface area contributed by atoms with E-state index in [1.807, 2.05) is 0 Å². The molecule has 0 unspecified atom stereocenters. The monoisotopic (exact) mass is 340 g/mol. The molecule has 0 aliphatic carbocycles. The zero-order chi connectivity index (χ0) is 14.8. The third kappa shape index (κ3) is 3.95. The zero-order valence-electron chi connectivity index (χ0n) is 9.24. The first-order valence-electron chi connectivity index (χ1n) is 4.94. The fraction of sp³-hybridized carbons (Fsp3) is 0.273. The average molecular weight is 341 g/mol. The predicted molar refractivity (Wildman–Crippen MR) is 61.6 cm³/mol. The molecule has 0 heterocycles. The molecule has 0 saturated carbocycles. The van der Waals surface area contributed by atoms with Crippen LogP contribution < -0.4 is 0 Å². The van der Waals surface area contributed by atoms with Crippen LogP contribution in [0.2, 0.25) is 0 Å². The van der Waals surface area contributed by atoms with Gasteiger partial charge in [-0.1, -0.05) is 15.9 Å². The van der Waals surface area contributed by atoms with E-state index in [0.717, 1.165) is 18.2 Å². The summed E-state index contributed by atoms with van der Waals surface area (Å²) in [5.41, 5.74) is -0.982. The Bertz CT molecular complexity index is 499. The molecule has 0 radical (unpaired) electrons. The van der Waals surface area contributed by atoms with Gasteiger partial charge >= 0.3 is 18.1 Å². The lowest BCUT2D eigenvalue weighted by Gasteiger charge is -2.12. The second-order valence-electron chi connectivity index (χ2n) is 3.74. The van der Waals surface area contributed by atoms with E-state index in [1.54, 1.807) is 0 Å². The van der Waals surface area contributed by atoms with Crippen molar-refractivity contribution in [2.24, 2.45) is 5.92 Å². The molecule has 0 amide bonds. The highest BCUT2D eigenvalue weighted by molar-refractivity contribution is 9.10. The topological polar surface area (TPSA) is 74.6 Å². The molecular formula is C11H8BrF3O4. The number of aliphatic carboxylic acids is 2. The van der Waals surface area contributed by atoms with Crippen molar-refractivity contribution in [2.45, 2.75) is 12.6 Å². The van der Waals surface area contributed by atoms with E-state index in [-0.39, 0.29) is 10.0 Å². The van der Waals surface area contributed by atoms with Crippen molar-refractivity contribution in [2.75, 3.05) is 0 Å². The number of hydrogen-bond donors (Lipinski definition) is 2. The van der Waals surface area contributed by atoms with E-state index in [1.165, 1.54) is 0 Å². The van der Waals surface area contributed by atoms with Crippen LogP contribution in [0.1, 0.15) is 11.1 Å². The highest BCUT2D eigenvalue weighted by atomic mass is 79.9. The second kappa shape index (κ2) is 5.60. The molecule has 0 fully saturated rings. The number of carbonyl (C=O) groups is 2. The lowest BCUT2D eigenvalue weighted by Crippen LogP contribution is -2.25. The first kappa shape index (κ1) is 15.5. The van der Waals surface area contributed by atoms with Crippen LogP contribution in [-0.2, 0) is 22.2 Å². The minimum Gasteiger partial charge on any atom is -0.481 e. The van der Waals surface area contributed by atoms with Crippen molar-refractivity contribution in [3.8, 4) is 0 Å². The fourth-order valence-corrected chi connectivity index (χ4v) is 1.82. The van der Waals surface area contributed by atoms with Crippen molar-refractivity contribution in [1.82, 2.24) is 0 Å². The summed E-state index contributed by atoms with van der Waals surface area (Å²) in [6.45, 7) is 0. The van der Waals surface area contributed by atoms with Crippen LogP contribution in [0.5, 0.6) is 0 Å². The standard InChI is InChI=1S/C11H8BrF3O4/c12-8-2-1-6(11(13,14)15)3-5(8)4-7(9(16)17)10(18)19/h1-3,7H,4H2,(H,16,17)(H,18,19). The molecular weight excluding hydrogens is 333 g/mol. The molecule has 0 aromatic heterocycles. The molecule has 0 bridgehead atoms. The Morgan fingerprint density at radius 2 is 1.74 bits per heavy atom. The molecule has 1 rings (SSSR count). The lowest BCUT2D eigenvalue weighted by atomic mass is 9.98. The smallest absolute Gasteiger partial charge is 0.416 e. The summed E-state index contributed by atoms with van der Waals surface area (Å²) in [6.07, 6.45) is -5.10. The van der Waals surface area contributed by atoms with Gasteiger partial charge in [0, 0.05) is 4.47 Å². The summed E-state index contributed by atoms with van der Waals surface area (Å²) in [5.74, 6) is -4.99. The van der Waals surface area contributed by atoms with Crippen LogP contribution in [0.3, 0.4) is 0 Å². The zero-order valence-corrected chi connectivity index (χ0v) is 10.8. The Kier molecular flexibility index (Phi) is 4.56. The SMILES string of the molecule is O=C(O)C(Cc1cc(C(F)(F)F)ccc1Br)C(=O)O. The van der Waals surface area contributed by atoms with Crippen LogP contribution in [0.4, 0.5) is 13.2 Å². The summed E-state index contributed by atoms with van der Waals surface area (Å²) in [6, 6.07) is 2.67. The third-order valence-electron chi connectivity index (χ3n) is 2.39. The molecule has 0 aliphatic rings. The van der Waals surface area contributed by atoms with Gasteiger partial charge in [-0.2, -0.15) is 13.2 Å². The van der Waals surface area contributed by atoms with Gasteiger partial charge in [0.2, 0.25) is 0 Å². The van der Waals surface area contributed by atoms with Crippen molar-refractivity contribution in [3.05, 3.63) is 33.8 Å². The minimum atomic E-state index is -4.57. The first-order chi connectivity index (χ1) is 8.62. The summed E-state index contributed by atoms with van der Waals surface area (Å²) in [5, 5.41) is 17.4. The summed E-state index contributed by atoms with van der Waals surface area (Å²) in [4.78, 5) is 21.4. The maximum absolute atomic E-state index is 12.5. The maximum atomic E-state index is 12.5. The summed E-state index contributed by atoms with van der Waals surface area (Å²) >= 11 is 2.97. The van der Waals surface area contributed by atoms with E-state index in [2.05, 4.69) is 15.9 Å². The van der Waals surface area contributed by atoms with Gasteiger partial charge in [0.25, 0.3) is 0 Å². The predicted octanol–water partition coefficient (Wildman–Crippen LogP) is 2.80. The number of hydrogen-bond acceptors (Lipinski definition) is 2. The number of carboxylic acids is 2. The van der Waals surface area contributed by atoms with Crippen LogP contribution in [0.15, 0.2) is 22.7 Å². The molecule has 1 aromatic rings. The second-order valence-corrected chi connectivity index (χ2v) is 4.59. The number of halogens is 4. The Balaban J connectivity index is 3.13. The summed E-state index contributed by atoms with van der Waals surface area (Å²) in [7, 11) is 0. The minimum absolute atomic E-state index is 0.0235. The molecule has 2 N–H and O–H groups in total. The van der Waals surface area contributed by atoms with Gasteiger partial charge in [0.05, 0.1) is 5.56 Å². The van der Waals surface area contributed by atoms with Gasteiger partial charge in [-0.05, 0) is 30.2 Å². The number of carboxylic acid groups (broad SMARTS) is 2. The maximum Gasteiger partial charge on any atom is 0.416 e. The Hall–Kier alpha value is -1.57. The number of alkyl halides is 3. The van der Waals surface area contributed by atoms with Gasteiger partial charge in [-0.25, -0.2) is 0 Å². The highest BCUT2D eigenvalue weighted by Crippen LogP contribution is 2.32. The molecule has 4 nitrogen and oxygen atoms in total. The van der Waals surface area contributed by atoms with Crippen LogP contribution in [0, 0.1) is 5.92 Å². The van der Waals surface area contributed by atoms with E-state index < -0.39 is 36.0 Å². The van der Waals surface area contributed by atoms with Crippen molar-refractivity contribution in [1.29, 1.82) is 0 Å². The van der Waals surface area contributed by atoms with E-state index in [4.69, 9.17) is 10.2 Å². The molecule has 1 aromatic carbocycles. The molecule has 19 heavy (non-hydrogen) atoms. The van der Waals surface area contributed by atoms with Crippen LogP contribution >= 0.6 is 15.9 Å². The van der Waals surface area contributed by atoms with Crippen molar-refractivity contribution < 1.29 is 33.0 Å². The Morgan fingerprint density at radius 3 is 2.16 bits per heavy atom. The molecule has 0 spiro atoms. The molecule has 104 valence electrons. The van der Waals surface area contributed by atoms with E-state index in [9.17, 15) is 22.8 Å². The quantitative estimate of drug-likeness (QED) is 0.826.